The lowest BCUT2D eigenvalue weighted by Gasteiger charge is -2.33. The van der Waals surface area contributed by atoms with Crippen LogP contribution in [0, 0.1) is 6.92 Å². The van der Waals surface area contributed by atoms with Crippen LogP contribution in [0.4, 0.5) is 22.7 Å². The first-order chi connectivity index (χ1) is 14.2. The molecule has 1 atom stereocenters. The zero-order chi connectivity index (χ0) is 19.8. The van der Waals surface area contributed by atoms with E-state index in [0.29, 0.717) is 0 Å². The molecule has 0 saturated carbocycles. The molecule has 0 aliphatic carbocycles. The normalized spacial score (nSPS) is 18.0. The Bertz CT molecular complexity index is 1190. The molecule has 0 radical (unpaired) electrons. The van der Waals surface area contributed by atoms with Crippen LogP contribution >= 0.6 is 7.44 Å². The Morgan fingerprint density at radius 1 is 0.586 bits per heavy atom. The van der Waals surface area contributed by atoms with E-state index in [9.17, 15) is 0 Å². The van der Waals surface area contributed by atoms with Crippen molar-refractivity contribution < 1.29 is 4.57 Å². The Morgan fingerprint density at radius 3 is 1.62 bits per heavy atom. The van der Waals surface area contributed by atoms with Crippen molar-refractivity contribution in [3.05, 3.63) is 115 Å². The second-order valence-electron chi connectivity index (χ2n) is 7.17. The van der Waals surface area contributed by atoms with Gasteiger partial charge >= 0.3 is 7.44 Å². The van der Waals surface area contributed by atoms with Crippen LogP contribution < -0.4 is 14.6 Å². The molecule has 0 N–H and O–H groups in total. The van der Waals surface area contributed by atoms with Crippen molar-refractivity contribution in [2.75, 3.05) is 9.34 Å². The van der Waals surface area contributed by atoms with Gasteiger partial charge in [0.2, 0.25) is 0 Å². The van der Waals surface area contributed by atoms with Crippen LogP contribution in [0.2, 0.25) is 0 Å². The zero-order valence-electron chi connectivity index (χ0n) is 16.1. The molecule has 1 heterocycles. The Morgan fingerprint density at radius 2 is 1.07 bits per heavy atom. The van der Waals surface area contributed by atoms with Gasteiger partial charge in [0.15, 0.2) is 0 Å². The molecule has 3 nitrogen and oxygen atoms in total. The number of nitrogens with zero attached hydrogens (tertiary/aromatic N) is 2. The van der Waals surface area contributed by atoms with Crippen molar-refractivity contribution in [3.8, 4) is 0 Å². The third-order valence-corrected chi connectivity index (χ3v) is 8.17. The monoisotopic (exact) mass is 396 g/mol. The topological polar surface area (TPSA) is 23.6 Å². The van der Waals surface area contributed by atoms with Crippen molar-refractivity contribution in [2.45, 2.75) is 6.92 Å². The van der Waals surface area contributed by atoms with E-state index in [1.165, 1.54) is 0 Å². The first kappa shape index (κ1) is 17.8. The molecule has 0 fully saturated rings. The average molecular weight is 396 g/mol. The summed E-state index contributed by atoms with van der Waals surface area (Å²) >= 11 is 0. The maximum atomic E-state index is 15.1. The molecule has 1 unspecified atom stereocenters. The quantitative estimate of drug-likeness (QED) is 0.356. The minimum Gasteiger partial charge on any atom is -0.270 e. The molecule has 5 rings (SSSR count). The van der Waals surface area contributed by atoms with Crippen LogP contribution in [0.1, 0.15) is 5.56 Å². The molecule has 0 bridgehead atoms. The molecule has 4 aromatic rings. The van der Waals surface area contributed by atoms with Gasteiger partial charge in [-0.3, -0.25) is 13.9 Å². The largest absolute Gasteiger partial charge is 0.301 e. The molecule has 29 heavy (non-hydrogen) atoms. The average Bonchev–Trinajstić information content (AvgIpc) is 3.04. The molecule has 142 valence electrons. The van der Waals surface area contributed by atoms with Gasteiger partial charge in [-0.05, 0) is 61.0 Å². The lowest BCUT2D eigenvalue weighted by atomic mass is 10.1. The number of para-hydroxylation sites is 2. The third kappa shape index (κ3) is 2.78. The van der Waals surface area contributed by atoms with Crippen LogP contribution in [0.15, 0.2) is 109 Å². The Balaban J connectivity index is 1.86. The van der Waals surface area contributed by atoms with Crippen molar-refractivity contribution in [2.24, 2.45) is 0 Å². The SMILES string of the molecule is Cc1ccc2c(c1)N(c1ccccc1)P(=O)(c1ccccc1)N2c1ccccc1. The van der Waals surface area contributed by atoms with E-state index in [-0.39, 0.29) is 0 Å². The summed E-state index contributed by atoms with van der Waals surface area (Å²) in [5, 5.41) is 0.807. The van der Waals surface area contributed by atoms with Gasteiger partial charge < -0.3 is 0 Å². The van der Waals surface area contributed by atoms with Gasteiger partial charge in [-0.1, -0.05) is 60.7 Å². The Kier molecular flexibility index (Phi) is 4.26. The summed E-state index contributed by atoms with van der Waals surface area (Å²) in [6.07, 6.45) is 0. The standard InChI is InChI=1S/C25H21N2OP/c1-20-17-18-24-25(19-20)27(22-13-7-3-8-14-22)29(28,23-15-9-4-10-16-23)26(24)21-11-5-2-6-12-21/h2-19H,1H3. The number of rotatable bonds is 3. The van der Waals surface area contributed by atoms with Crippen LogP contribution in [-0.2, 0) is 4.57 Å². The Labute approximate surface area is 171 Å². The maximum absolute atomic E-state index is 15.1. The number of hydrogen-bond donors (Lipinski definition) is 0. The lowest BCUT2D eigenvalue weighted by Crippen LogP contribution is -2.26. The molecule has 4 aromatic carbocycles. The van der Waals surface area contributed by atoms with Gasteiger partial charge in [0, 0.05) is 11.4 Å². The third-order valence-electron chi connectivity index (χ3n) is 5.22. The number of benzene rings is 4. The molecule has 0 aromatic heterocycles. The second kappa shape index (κ2) is 6.95. The van der Waals surface area contributed by atoms with E-state index >= 15 is 4.57 Å². The van der Waals surface area contributed by atoms with Gasteiger partial charge in [-0.2, -0.15) is 0 Å². The van der Waals surface area contributed by atoms with E-state index in [2.05, 4.69) is 25.1 Å². The zero-order valence-corrected chi connectivity index (χ0v) is 17.0. The van der Waals surface area contributed by atoms with E-state index in [0.717, 1.165) is 33.6 Å². The first-order valence-electron chi connectivity index (χ1n) is 9.67. The first-order valence-corrected chi connectivity index (χ1v) is 11.3. The second-order valence-corrected chi connectivity index (χ2v) is 9.57. The van der Waals surface area contributed by atoms with Crippen molar-refractivity contribution in [1.82, 2.24) is 0 Å². The van der Waals surface area contributed by atoms with Gasteiger partial charge in [0.25, 0.3) is 0 Å². The fourth-order valence-corrected chi connectivity index (χ4v) is 6.95. The molecule has 1 aliphatic rings. The van der Waals surface area contributed by atoms with E-state index in [1.54, 1.807) is 0 Å². The molecule has 0 saturated heterocycles. The van der Waals surface area contributed by atoms with Crippen LogP contribution in [0.25, 0.3) is 0 Å². The molecule has 0 spiro atoms. The highest BCUT2D eigenvalue weighted by Crippen LogP contribution is 2.69. The summed E-state index contributed by atoms with van der Waals surface area (Å²) in [6, 6.07) is 36.1. The number of anilines is 4. The summed E-state index contributed by atoms with van der Waals surface area (Å²) in [4.78, 5) is 0. The minimum absolute atomic E-state index is 0.807. The summed E-state index contributed by atoms with van der Waals surface area (Å²) in [7, 11) is -3.22. The van der Waals surface area contributed by atoms with Crippen LogP contribution in [0.5, 0.6) is 0 Å². The van der Waals surface area contributed by atoms with Gasteiger partial charge in [0.05, 0.1) is 16.7 Å². The summed E-state index contributed by atoms with van der Waals surface area (Å²) in [5.41, 5.74) is 4.90. The fourth-order valence-electron chi connectivity index (χ4n) is 3.95. The van der Waals surface area contributed by atoms with Gasteiger partial charge in [-0.25, -0.2) is 0 Å². The summed E-state index contributed by atoms with van der Waals surface area (Å²) < 4.78 is 19.1. The molecular weight excluding hydrogens is 375 g/mol. The number of fused-ring (bicyclic) bond motifs is 1. The highest BCUT2D eigenvalue weighted by Gasteiger charge is 2.48. The lowest BCUT2D eigenvalue weighted by molar-refractivity contribution is 0.582. The van der Waals surface area contributed by atoms with Crippen molar-refractivity contribution in [3.63, 3.8) is 0 Å². The highest BCUT2D eigenvalue weighted by molar-refractivity contribution is 7.76. The molecule has 1 aliphatic heterocycles. The Hall–Kier alpha value is -3.29. The van der Waals surface area contributed by atoms with Gasteiger partial charge in [-0.15, -0.1) is 0 Å². The molecule has 4 heteroatoms. The van der Waals surface area contributed by atoms with Crippen LogP contribution in [0.3, 0.4) is 0 Å². The van der Waals surface area contributed by atoms with Gasteiger partial charge in [0.1, 0.15) is 0 Å². The number of hydrogen-bond acceptors (Lipinski definition) is 1. The highest BCUT2D eigenvalue weighted by atomic mass is 31.2. The van der Waals surface area contributed by atoms with E-state index in [4.69, 9.17) is 0 Å². The predicted octanol–water partition coefficient (Wildman–Crippen LogP) is 6.80. The smallest absolute Gasteiger partial charge is 0.270 e. The van der Waals surface area contributed by atoms with E-state index < -0.39 is 7.44 Å². The molecule has 0 amide bonds. The molecular formula is C25H21N2OP. The maximum Gasteiger partial charge on any atom is 0.301 e. The predicted molar refractivity (Wildman–Crippen MR) is 122 cm³/mol. The van der Waals surface area contributed by atoms with E-state index in [1.807, 2.05) is 100 Å². The summed E-state index contributed by atoms with van der Waals surface area (Å²) in [6.45, 7) is 2.07. The summed E-state index contributed by atoms with van der Waals surface area (Å²) in [5.74, 6) is 0. The van der Waals surface area contributed by atoms with Crippen molar-refractivity contribution in [1.29, 1.82) is 0 Å². The van der Waals surface area contributed by atoms with Crippen molar-refractivity contribution >= 4 is 35.5 Å². The van der Waals surface area contributed by atoms with Crippen LogP contribution in [-0.4, -0.2) is 0 Å². The number of aryl methyl sites for hydroxylation is 1. The minimum atomic E-state index is -3.22. The fraction of sp³-hybridized carbons (Fsp3) is 0.0400.